The molecule has 0 aliphatic rings. The van der Waals surface area contributed by atoms with Gasteiger partial charge in [-0.25, -0.2) is 4.98 Å². The van der Waals surface area contributed by atoms with Crippen LogP contribution >= 0.6 is 11.3 Å². The van der Waals surface area contributed by atoms with Crippen LogP contribution in [0.15, 0.2) is 75.0 Å². The summed E-state index contributed by atoms with van der Waals surface area (Å²) in [5.74, 6) is 1.33. The third-order valence-corrected chi connectivity index (χ3v) is 5.61. The third-order valence-electron chi connectivity index (χ3n) is 4.72. The predicted molar refractivity (Wildman–Crippen MR) is 115 cm³/mol. The molecule has 0 saturated heterocycles. The minimum Gasteiger partial charge on any atom is -0.465 e. The number of carbonyl (C=O) groups is 1. The fourth-order valence-electron chi connectivity index (χ4n) is 3.21. The summed E-state index contributed by atoms with van der Waals surface area (Å²) in [6, 6.07) is 19.0. The number of hydrogen-bond donors (Lipinski definition) is 1. The summed E-state index contributed by atoms with van der Waals surface area (Å²) >= 11 is 1.55. The lowest BCUT2D eigenvalue weighted by Gasteiger charge is -2.03. The number of fused-ring (bicyclic) bond motifs is 1. The molecule has 5 aromatic rings. The number of aryl methyl sites for hydroxylation is 1. The first-order valence-corrected chi connectivity index (χ1v) is 10.3. The summed E-state index contributed by atoms with van der Waals surface area (Å²) < 4.78 is 10.9. The Bertz CT molecular complexity index is 1330. The Balaban J connectivity index is 1.42. The molecule has 0 aliphatic carbocycles. The predicted octanol–water partition coefficient (Wildman–Crippen LogP) is 5.45. The largest absolute Gasteiger partial charge is 0.465 e. The minimum atomic E-state index is -0.193. The maximum Gasteiger partial charge on any atom is 0.251 e. The van der Waals surface area contributed by atoms with Crippen molar-refractivity contribution in [2.45, 2.75) is 13.5 Å². The first kappa shape index (κ1) is 18.3. The number of carbonyl (C=O) groups excluding carboxylic acids is 1. The van der Waals surface area contributed by atoms with Crippen molar-refractivity contribution in [3.05, 3.63) is 83.1 Å². The van der Waals surface area contributed by atoms with E-state index in [4.69, 9.17) is 13.9 Å². The minimum absolute atomic E-state index is 0.193. The van der Waals surface area contributed by atoms with Crippen LogP contribution in [0.3, 0.4) is 0 Å². The van der Waals surface area contributed by atoms with Crippen molar-refractivity contribution in [3.63, 3.8) is 0 Å². The van der Waals surface area contributed by atoms with E-state index in [1.807, 2.05) is 54.8 Å². The second-order valence-electron chi connectivity index (χ2n) is 6.84. The molecule has 1 amide bonds. The van der Waals surface area contributed by atoms with Gasteiger partial charge in [0.1, 0.15) is 27.9 Å². The molecule has 5 rings (SSSR count). The number of aromatic nitrogens is 2. The summed E-state index contributed by atoms with van der Waals surface area (Å²) in [7, 11) is 0. The number of nitrogens with zero attached hydrogens (tertiary/aromatic N) is 2. The van der Waals surface area contributed by atoms with Crippen molar-refractivity contribution < 1.29 is 13.7 Å². The van der Waals surface area contributed by atoms with Crippen LogP contribution in [0.4, 0.5) is 0 Å². The normalized spacial score (nSPS) is 11.1. The van der Waals surface area contributed by atoms with E-state index in [0.717, 1.165) is 27.4 Å². The van der Waals surface area contributed by atoms with Crippen molar-refractivity contribution >= 4 is 28.2 Å². The molecule has 1 N–H and O–H groups in total. The van der Waals surface area contributed by atoms with Gasteiger partial charge in [-0.2, -0.15) is 0 Å². The first-order valence-electron chi connectivity index (χ1n) is 9.41. The van der Waals surface area contributed by atoms with Crippen molar-refractivity contribution in [2.75, 3.05) is 0 Å². The maximum absolute atomic E-state index is 12.6. The zero-order valence-electron chi connectivity index (χ0n) is 16.1. The number of hydrogen-bond acceptors (Lipinski definition) is 6. The SMILES string of the molecule is Cc1ccc(CNC(=O)c2ccc3onc(-c4csc(-c5ccccc5)n4)c3c2)o1. The molecule has 0 spiro atoms. The van der Waals surface area contributed by atoms with E-state index >= 15 is 0 Å². The standard InChI is InChI=1S/C23H17N3O3S/c1-14-7-9-17(28-14)12-24-22(27)16-8-10-20-18(11-16)21(26-29-20)19-13-30-23(25-19)15-5-3-2-4-6-15/h2-11,13H,12H2,1H3,(H,24,27). The summed E-state index contributed by atoms with van der Waals surface area (Å²) in [6.07, 6.45) is 0. The molecule has 148 valence electrons. The number of benzene rings is 2. The lowest BCUT2D eigenvalue weighted by Crippen LogP contribution is -2.22. The summed E-state index contributed by atoms with van der Waals surface area (Å²) in [5.41, 5.74) is 3.53. The van der Waals surface area contributed by atoms with Crippen LogP contribution in [-0.2, 0) is 6.54 Å². The molecule has 0 radical (unpaired) electrons. The lowest BCUT2D eigenvalue weighted by atomic mass is 10.1. The number of thiazole rings is 1. The Kier molecular flexibility index (Phi) is 4.65. The van der Waals surface area contributed by atoms with Gasteiger partial charge in [0.25, 0.3) is 5.91 Å². The van der Waals surface area contributed by atoms with Gasteiger partial charge in [-0.1, -0.05) is 35.5 Å². The highest BCUT2D eigenvalue weighted by Gasteiger charge is 2.17. The highest BCUT2D eigenvalue weighted by molar-refractivity contribution is 7.13. The lowest BCUT2D eigenvalue weighted by molar-refractivity contribution is 0.0948. The zero-order chi connectivity index (χ0) is 20.5. The van der Waals surface area contributed by atoms with Gasteiger partial charge in [-0.15, -0.1) is 11.3 Å². The van der Waals surface area contributed by atoms with Crippen molar-refractivity contribution in [1.29, 1.82) is 0 Å². The van der Waals surface area contributed by atoms with E-state index in [0.29, 0.717) is 29.1 Å². The van der Waals surface area contributed by atoms with Gasteiger partial charge < -0.3 is 14.3 Å². The molecule has 6 nitrogen and oxygen atoms in total. The van der Waals surface area contributed by atoms with Crippen LogP contribution in [0.25, 0.3) is 32.9 Å². The number of amides is 1. The molecule has 0 saturated carbocycles. The summed E-state index contributed by atoms with van der Waals surface area (Å²) in [4.78, 5) is 17.3. The highest BCUT2D eigenvalue weighted by Crippen LogP contribution is 2.32. The quantitative estimate of drug-likeness (QED) is 0.413. The Morgan fingerprint density at radius 1 is 1.10 bits per heavy atom. The van der Waals surface area contributed by atoms with Gasteiger partial charge in [-0.3, -0.25) is 4.79 Å². The Morgan fingerprint density at radius 3 is 2.77 bits per heavy atom. The third kappa shape index (κ3) is 3.51. The maximum atomic E-state index is 12.6. The average molecular weight is 415 g/mol. The monoisotopic (exact) mass is 415 g/mol. The molecular weight excluding hydrogens is 398 g/mol. The molecule has 0 fully saturated rings. The second kappa shape index (κ2) is 7.61. The van der Waals surface area contributed by atoms with E-state index in [1.54, 1.807) is 29.5 Å². The molecule has 0 aliphatic heterocycles. The second-order valence-corrected chi connectivity index (χ2v) is 7.70. The zero-order valence-corrected chi connectivity index (χ0v) is 16.9. The number of rotatable bonds is 5. The van der Waals surface area contributed by atoms with Gasteiger partial charge in [0.15, 0.2) is 5.58 Å². The Labute approximate surface area is 176 Å². The van der Waals surface area contributed by atoms with Crippen molar-refractivity contribution in [2.24, 2.45) is 0 Å². The number of nitrogens with one attached hydrogen (secondary N) is 1. The van der Waals surface area contributed by atoms with Crippen molar-refractivity contribution in [3.8, 4) is 22.0 Å². The van der Waals surface area contributed by atoms with Gasteiger partial charge in [0.05, 0.1) is 11.9 Å². The van der Waals surface area contributed by atoms with Crippen molar-refractivity contribution in [1.82, 2.24) is 15.5 Å². The van der Waals surface area contributed by atoms with Gasteiger partial charge in [0.2, 0.25) is 0 Å². The Hall–Kier alpha value is -3.71. The highest BCUT2D eigenvalue weighted by atomic mass is 32.1. The summed E-state index contributed by atoms with van der Waals surface area (Å²) in [6.45, 7) is 2.20. The van der Waals surface area contributed by atoms with E-state index < -0.39 is 0 Å². The van der Waals surface area contributed by atoms with Crippen LogP contribution in [0.2, 0.25) is 0 Å². The fourth-order valence-corrected chi connectivity index (χ4v) is 4.02. The molecule has 7 heteroatoms. The molecule has 0 bridgehead atoms. The van der Waals surface area contributed by atoms with E-state index in [1.165, 1.54) is 0 Å². The molecular formula is C23H17N3O3S. The number of furan rings is 1. The Morgan fingerprint density at radius 2 is 1.97 bits per heavy atom. The topological polar surface area (TPSA) is 81.2 Å². The van der Waals surface area contributed by atoms with E-state index in [2.05, 4.69) is 10.5 Å². The van der Waals surface area contributed by atoms with Crippen LogP contribution < -0.4 is 5.32 Å². The summed E-state index contributed by atoms with van der Waals surface area (Å²) in [5, 5.41) is 10.7. The molecule has 3 aromatic heterocycles. The van der Waals surface area contributed by atoms with Gasteiger partial charge in [0, 0.05) is 16.5 Å². The van der Waals surface area contributed by atoms with Gasteiger partial charge in [-0.05, 0) is 37.3 Å². The van der Waals surface area contributed by atoms with Crippen LogP contribution in [0.1, 0.15) is 21.9 Å². The molecule has 0 atom stereocenters. The smallest absolute Gasteiger partial charge is 0.251 e. The van der Waals surface area contributed by atoms with Crippen LogP contribution in [0, 0.1) is 6.92 Å². The molecule has 2 aromatic carbocycles. The van der Waals surface area contributed by atoms with E-state index in [9.17, 15) is 4.79 Å². The van der Waals surface area contributed by atoms with Crippen LogP contribution in [0.5, 0.6) is 0 Å². The average Bonchev–Trinajstić information content (AvgIpc) is 3.51. The van der Waals surface area contributed by atoms with Crippen LogP contribution in [-0.4, -0.2) is 16.0 Å². The van der Waals surface area contributed by atoms with E-state index in [-0.39, 0.29) is 5.91 Å². The molecule has 0 unspecified atom stereocenters. The first-order chi connectivity index (χ1) is 14.7. The fraction of sp³-hybridized carbons (Fsp3) is 0.0870. The molecule has 3 heterocycles. The van der Waals surface area contributed by atoms with Gasteiger partial charge >= 0.3 is 0 Å². The molecule has 30 heavy (non-hydrogen) atoms.